The summed E-state index contributed by atoms with van der Waals surface area (Å²) in [6.07, 6.45) is 4.32. The van der Waals surface area contributed by atoms with Crippen LogP contribution in [0.3, 0.4) is 0 Å². The predicted molar refractivity (Wildman–Crippen MR) is 145 cm³/mol. The summed E-state index contributed by atoms with van der Waals surface area (Å²) < 4.78 is 0. The number of aryl methyl sites for hydroxylation is 1. The van der Waals surface area contributed by atoms with Gasteiger partial charge in [-0.05, 0) is 56.5 Å². The van der Waals surface area contributed by atoms with Crippen molar-refractivity contribution in [1.29, 1.82) is 5.26 Å². The summed E-state index contributed by atoms with van der Waals surface area (Å²) in [6.45, 7) is 16.6. The van der Waals surface area contributed by atoms with E-state index in [4.69, 9.17) is 0 Å². The van der Waals surface area contributed by atoms with Crippen LogP contribution in [0.4, 0.5) is 5.82 Å². The van der Waals surface area contributed by atoms with Gasteiger partial charge in [0, 0.05) is 69.7 Å². The van der Waals surface area contributed by atoms with Gasteiger partial charge in [0.15, 0.2) is 5.82 Å². The number of nitrogens with one attached hydrogen (secondary N) is 1. The lowest BCUT2D eigenvalue weighted by atomic mass is 10.1. The number of hydrazine groups is 1. The average Bonchev–Trinajstić information content (AvgIpc) is 3.42. The van der Waals surface area contributed by atoms with Gasteiger partial charge < -0.3 is 4.90 Å². The number of nitrogens with zero attached hydrogens (tertiary/aromatic N) is 7. The maximum Gasteiger partial charge on any atom is 0.269 e. The normalized spacial score (nSPS) is 17.2. The van der Waals surface area contributed by atoms with Crippen molar-refractivity contribution >= 4 is 11.7 Å². The molecule has 0 aliphatic carbocycles. The molecule has 9 heteroatoms. The molecule has 4 rings (SSSR count). The molecule has 2 aromatic rings. The second-order valence-corrected chi connectivity index (χ2v) is 10.6. The summed E-state index contributed by atoms with van der Waals surface area (Å²) in [4.78, 5) is 29.3. The number of rotatable bonds is 10. The molecule has 0 radical (unpaired) electrons. The Kier molecular flexibility index (Phi) is 9.45. The van der Waals surface area contributed by atoms with Gasteiger partial charge in [-0.25, -0.2) is 4.98 Å². The lowest BCUT2D eigenvalue weighted by Gasteiger charge is -2.35. The molecule has 1 N–H and O–H groups in total. The second-order valence-electron chi connectivity index (χ2n) is 10.6. The van der Waals surface area contributed by atoms with E-state index in [9.17, 15) is 10.1 Å². The van der Waals surface area contributed by atoms with Crippen molar-refractivity contribution in [3.05, 3.63) is 53.0 Å². The van der Waals surface area contributed by atoms with E-state index in [1.165, 1.54) is 32.5 Å². The molecule has 2 saturated heterocycles. The van der Waals surface area contributed by atoms with Crippen LogP contribution in [-0.2, 0) is 6.54 Å². The van der Waals surface area contributed by atoms with Crippen molar-refractivity contribution in [1.82, 2.24) is 30.1 Å². The van der Waals surface area contributed by atoms with Crippen molar-refractivity contribution in [2.75, 3.05) is 63.9 Å². The van der Waals surface area contributed by atoms with Crippen molar-refractivity contribution in [2.45, 2.75) is 40.2 Å². The van der Waals surface area contributed by atoms with E-state index in [0.29, 0.717) is 17.9 Å². The molecule has 9 nitrogen and oxygen atoms in total. The first-order valence-corrected chi connectivity index (χ1v) is 13.5. The average molecular weight is 505 g/mol. The van der Waals surface area contributed by atoms with Crippen LogP contribution in [0.2, 0.25) is 0 Å². The maximum absolute atomic E-state index is 13.3. The van der Waals surface area contributed by atoms with Crippen molar-refractivity contribution < 1.29 is 4.79 Å². The van der Waals surface area contributed by atoms with Gasteiger partial charge >= 0.3 is 0 Å². The number of piperazine rings is 1. The second kappa shape index (κ2) is 13.0. The lowest BCUT2D eigenvalue weighted by Crippen LogP contribution is -2.47. The van der Waals surface area contributed by atoms with Crippen LogP contribution in [0.25, 0.3) is 0 Å². The van der Waals surface area contributed by atoms with Crippen LogP contribution in [0.5, 0.6) is 0 Å². The molecular formula is C28H40N8O. The number of amides is 1. The minimum Gasteiger partial charge on any atom is -0.302 e. The number of carbonyl (C=O) groups is 1. The van der Waals surface area contributed by atoms with Gasteiger partial charge in [0.05, 0.1) is 0 Å². The van der Waals surface area contributed by atoms with Crippen LogP contribution in [0.15, 0.2) is 30.5 Å². The summed E-state index contributed by atoms with van der Waals surface area (Å²) in [5.74, 6) is 0.723. The number of aromatic nitrogens is 2. The molecular weight excluding hydrogens is 464 g/mol. The summed E-state index contributed by atoms with van der Waals surface area (Å²) in [5, 5.41) is 11.0. The number of anilines is 1. The fourth-order valence-corrected chi connectivity index (χ4v) is 5.03. The molecule has 0 saturated carbocycles. The van der Waals surface area contributed by atoms with Crippen LogP contribution < -0.4 is 10.4 Å². The quantitative estimate of drug-likeness (QED) is 0.494. The minimum absolute atomic E-state index is 0.0849. The smallest absolute Gasteiger partial charge is 0.269 e. The van der Waals surface area contributed by atoms with Crippen molar-refractivity contribution in [3.63, 3.8) is 0 Å². The summed E-state index contributed by atoms with van der Waals surface area (Å²) in [5.41, 5.74) is 5.57. The van der Waals surface area contributed by atoms with Gasteiger partial charge in [0.2, 0.25) is 5.82 Å². The zero-order valence-electron chi connectivity index (χ0n) is 22.5. The first-order valence-electron chi connectivity index (χ1n) is 13.5. The fourth-order valence-electron chi connectivity index (χ4n) is 5.03. The first kappa shape index (κ1) is 27.0. The lowest BCUT2D eigenvalue weighted by molar-refractivity contribution is 0.0946. The number of likely N-dealkylation sites (tertiary alicyclic amines) is 1. The highest BCUT2D eigenvalue weighted by Gasteiger charge is 2.21. The number of benzene rings is 1. The van der Waals surface area contributed by atoms with E-state index in [-0.39, 0.29) is 17.6 Å². The highest BCUT2D eigenvalue weighted by Crippen LogP contribution is 2.17. The molecule has 2 fully saturated rings. The van der Waals surface area contributed by atoms with Crippen LogP contribution in [0, 0.1) is 24.2 Å². The van der Waals surface area contributed by atoms with Crippen molar-refractivity contribution in [2.24, 2.45) is 5.92 Å². The molecule has 2 aliphatic rings. The standard InChI is InChI=1S/C28H40N8O/c1-22(2)20-36(27-23(3)19-30-26(18-29)31-27)32-28(37)25-8-6-7-24(17-25)21-35-15-13-34(14-16-35)12-11-33-9-4-5-10-33/h6-8,17,19,22H,4-5,9-16,20-21H2,1-3H3,(H,32,37). The zero-order chi connectivity index (χ0) is 26.2. The molecule has 1 aromatic heterocycles. The van der Waals surface area contributed by atoms with Gasteiger partial charge in [-0.3, -0.25) is 25.0 Å². The molecule has 0 atom stereocenters. The minimum atomic E-state index is -0.189. The number of hydrogen-bond donors (Lipinski definition) is 1. The van der Waals surface area contributed by atoms with E-state index in [1.54, 1.807) is 11.2 Å². The molecule has 37 heavy (non-hydrogen) atoms. The Balaban J connectivity index is 1.34. The molecule has 3 heterocycles. The molecule has 198 valence electrons. The first-order chi connectivity index (χ1) is 17.9. The van der Waals surface area contributed by atoms with E-state index in [0.717, 1.165) is 50.4 Å². The topological polar surface area (TPSA) is 91.6 Å². The number of carbonyl (C=O) groups excluding carboxylic acids is 1. The Morgan fingerprint density at radius 1 is 1.08 bits per heavy atom. The Morgan fingerprint density at radius 3 is 2.43 bits per heavy atom. The van der Waals surface area contributed by atoms with Crippen LogP contribution >= 0.6 is 0 Å². The van der Waals surface area contributed by atoms with Gasteiger partial charge in [-0.1, -0.05) is 26.0 Å². The van der Waals surface area contributed by atoms with E-state index in [2.05, 4.69) is 50.0 Å². The molecule has 0 unspecified atom stereocenters. The Labute approximate surface area is 221 Å². The third-order valence-corrected chi connectivity index (χ3v) is 7.08. The highest BCUT2D eigenvalue weighted by atomic mass is 16.2. The van der Waals surface area contributed by atoms with Gasteiger partial charge in [0.25, 0.3) is 5.91 Å². The maximum atomic E-state index is 13.3. The molecule has 1 aromatic carbocycles. The van der Waals surface area contributed by atoms with Gasteiger partial charge in [0.1, 0.15) is 6.07 Å². The van der Waals surface area contributed by atoms with E-state index < -0.39 is 0 Å². The van der Waals surface area contributed by atoms with Crippen molar-refractivity contribution in [3.8, 4) is 6.07 Å². The van der Waals surface area contributed by atoms with E-state index >= 15 is 0 Å². The predicted octanol–water partition coefficient (Wildman–Crippen LogP) is 2.68. The Bertz CT molecular complexity index is 1080. The number of hydrogen-bond acceptors (Lipinski definition) is 8. The van der Waals surface area contributed by atoms with Gasteiger partial charge in [-0.2, -0.15) is 10.2 Å². The monoisotopic (exact) mass is 504 g/mol. The summed E-state index contributed by atoms with van der Waals surface area (Å²) >= 11 is 0. The largest absolute Gasteiger partial charge is 0.302 e. The Morgan fingerprint density at radius 2 is 1.76 bits per heavy atom. The summed E-state index contributed by atoms with van der Waals surface area (Å²) in [7, 11) is 0. The molecule has 0 bridgehead atoms. The fraction of sp³-hybridized carbons (Fsp3) is 0.571. The molecule has 0 spiro atoms. The van der Waals surface area contributed by atoms with Crippen LogP contribution in [0.1, 0.15) is 54.0 Å². The van der Waals surface area contributed by atoms with Crippen LogP contribution in [-0.4, -0.2) is 89.5 Å². The van der Waals surface area contributed by atoms with Gasteiger partial charge in [-0.15, -0.1) is 0 Å². The molecule has 1 amide bonds. The Hall–Kier alpha value is -3.06. The third-order valence-electron chi connectivity index (χ3n) is 7.08. The summed E-state index contributed by atoms with van der Waals surface area (Å²) in [6, 6.07) is 9.86. The number of nitriles is 1. The highest BCUT2D eigenvalue weighted by molar-refractivity contribution is 5.95. The van der Waals surface area contributed by atoms with E-state index in [1.807, 2.05) is 31.2 Å². The molecule has 2 aliphatic heterocycles. The zero-order valence-corrected chi connectivity index (χ0v) is 22.5. The SMILES string of the molecule is Cc1cnc(C#N)nc1N(CC(C)C)NC(=O)c1cccc(CN2CCN(CCN3CCCC3)CC2)c1. The third kappa shape index (κ3) is 7.71.